The third-order valence-electron chi connectivity index (χ3n) is 3.47. The number of rotatable bonds is 1. The lowest BCUT2D eigenvalue weighted by atomic mass is 10.1. The van der Waals surface area contributed by atoms with Crippen molar-refractivity contribution in [1.82, 2.24) is 14.9 Å². The van der Waals surface area contributed by atoms with Gasteiger partial charge in [0.05, 0.1) is 24.0 Å². The Morgan fingerprint density at radius 2 is 2.05 bits per heavy atom. The Kier molecular flexibility index (Phi) is 3.74. The molecule has 2 heterocycles. The highest BCUT2D eigenvalue weighted by molar-refractivity contribution is 5.66. The standard InChI is InChI=1S/C13H17N5O2/c1-8-6-17(7-9(2)18(8)13(19)20)12-10(3)16-11(4-14)5-15-12/h5,8-9H,6-7H2,1-3H3,(H,19,20)/t8-,9+. The highest BCUT2D eigenvalue weighted by Crippen LogP contribution is 2.22. The van der Waals surface area contributed by atoms with Crippen molar-refractivity contribution in [2.75, 3.05) is 18.0 Å². The lowest BCUT2D eigenvalue weighted by Gasteiger charge is -2.43. The van der Waals surface area contributed by atoms with Crippen molar-refractivity contribution in [2.45, 2.75) is 32.9 Å². The molecule has 0 unspecified atom stereocenters. The Hall–Kier alpha value is -2.36. The van der Waals surface area contributed by atoms with Gasteiger partial charge in [0.1, 0.15) is 11.9 Å². The molecule has 1 fully saturated rings. The summed E-state index contributed by atoms with van der Waals surface area (Å²) in [6.45, 7) is 6.70. The Morgan fingerprint density at radius 1 is 1.45 bits per heavy atom. The number of amides is 1. The van der Waals surface area contributed by atoms with Gasteiger partial charge in [-0.2, -0.15) is 5.26 Å². The summed E-state index contributed by atoms with van der Waals surface area (Å²) >= 11 is 0. The maximum Gasteiger partial charge on any atom is 0.407 e. The van der Waals surface area contributed by atoms with Crippen LogP contribution in [0.3, 0.4) is 0 Å². The van der Waals surface area contributed by atoms with Gasteiger partial charge in [-0.05, 0) is 20.8 Å². The molecule has 1 aliphatic rings. The van der Waals surface area contributed by atoms with E-state index < -0.39 is 6.09 Å². The van der Waals surface area contributed by atoms with Crippen molar-refractivity contribution in [1.29, 1.82) is 5.26 Å². The van der Waals surface area contributed by atoms with Crippen LogP contribution in [0.2, 0.25) is 0 Å². The van der Waals surface area contributed by atoms with E-state index in [-0.39, 0.29) is 17.8 Å². The summed E-state index contributed by atoms with van der Waals surface area (Å²) in [5.74, 6) is 0.715. The van der Waals surface area contributed by atoms with Crippen molar-refractivity contribution in [3.63, 3.8) is 0 Å². The van der Waals surface area contributed by atoms with E-state index in [0.29, 0.717) is 24.6 Å². The van der Waals surface area contributed by atoms with Crippen molar-refractivity contribution in [3.8, 4) is 6.07 Å². The number of aromatic nitrogens is 2. The van der Waals surface area contributed by atoms with Gasteiger partial charge in [0.15, 0.2) is 5.69 Å². The van der Waals surface area contributed by atoms with E-state index in [1.165, 1.54) is 11.1 Å². The number of nitrogens with zero attached hydrogens (tertiary/aromatic N) is 5. The smallest absolute Gasteiger partial charge is 0.407 e. The molecule has 0 aliphatic carbocycles. The van der Waals surface area contributed by atoms with Gasteiger partial charge in [0, 0.05) is 13.1 Å². The molecule has 1 aromatic rings. The van der Waals surface area contributed by atoms with Crippen LogP contribution in [0.4, 0.5) is 10.6 Å². The van der Waals surface area contributed by atoms with Crippen LogP contribution in [0.1, 0.15) is 25.2 Å². The zero-order chi connectivity index (χ0) is 14.9. The molecule has 7 heteroatoms. The summed E-state index contributed by atoms with van der Waals surface area (Å²) in [6.07, 6.45) is 0.550. The fourth-order valence-electron chi connectivity index (χ4n) is 2.71. The molecule has 1 saturated heterocycles. The van der Waals surface area contributed by atoms with E-state index in [0.717, 1.165) is 0 Å². The first kappa shape index (κ1) is 14.1. The second-order valence-electron chi connectivity index (χ2n) is 5.07. The number of nitriles is 1. The van der Waals surface area contributed by atoms with Crippen molar-refractivity contribution in [2.24, 2.45) is 0 Å². The minimum Gasteiger partial charge on any atom is -0.465 e. The molecule has 0 radical (unpaired) electrons. The van der Waals surface area contributed by atoms with Crippen LogP contribution in [0.25, 0.3) is 0 Å². The quantitative estimate of drug-likeness (QED) is 0.828. The first-order valence-corrected chi connectivity index (χ1v) is 6.44. The largest absolute Gasteiger partial charge is 0.465 e. The predicted molar refractivity (Wildman–Crippen MR) is 72.5 cm³/mol. The van der Waals surface area contributed by atoms with Gasteiger partial charge in [-0.3, -0.25) is 4.90 Å². The van der Waals surface area contributed by atoms with Crippen LogP contribution < -0.4 is 4.90 Å². The molecule has 0 bridgehead atoms. The predicted octanol–water partition coefficient (Wildman–Crippen LogP) is 1.23. The number of aryl methyl sites for hydroxylation is 1. The molecule has 2 rings (SSSR count). The fraction of sp³-hybridized carbons (Fsp3) is 0.538. The molecular weight excluding hydrogens is 258 g/mol. The van der Waals surface area contributed by atoms with E-state index in [2.05, 4.69) is 9.97 Å². The second-order valence-corrected chi connectivity index (χ2v) is 5.07. The fourth-order valence-corrected chi connectivity index (χ4v) is 2.71. The Morgan fingerprint density at radius 3 is 2.50 bits per heavy atom. The SMILES string of the molecule is Cc1nc(C#N)cnc1N1C[C@@H](C)N(C(=O)O)[C@@H](C)C1. The van der Waals surface area contributed by atoms with Crippen LogP contribution >= 0.6 is 0 Å². The molecule has 20 heavy (non-hydrogen) atoms. The molecule has 0 saturated carbocycles. The van der Waals surface area contributed by atoms with Crippen LogP contribution in [0.5, 0.6) is 0 Å². The Bertz CT molecular complexity index is 556. The number of hydrogen-bond donors (Lipinski definition) is 1. The highest BCUT2D eigenvalue weighted by atomic mass is 16.4. The van der Waals surface area contributed by atoms with Crippen LogP contribution in [-0.4, -0.2) is 51.2 Å². The second kappa shape index (κ2) is 5.33. The topological polar surface area (TPSA) is 93.4 Å². The van der Waals surface area contributed by atoms with E-state index in [1.807, 2.05) is 31.7 Å². The van der Waals surface area contributed by atoms with Gasteiger partial charge >= 0.3 is 6.09 Å². The van der Waals surface area contributed by atoms with Crippen molar-refractivity contribution >= 4 is 11.9 Å². The molecule has 0 spiro atoms. The van der Waals surface area contributed by atoms with Gasteiger partial charge in [0.2, 0.25) is 0 Å². The summed E-state index contributed by atoms with van der Waals surface area (Å²) in [7, 11) is 0. The first-order valence-electron chi connectivity index (χ1n) is 6.44. The minimum absolute atomic E-state index is 0.118. The number of hydrogen-bond acceptors (Lipinski definition) is 5. The Labute approximate surface area is 117 Å². The monoisotopic (exact) mass is 275 g/mol. The van der Waals surface area contributed by atoms with Crippen LogP contribution in [0, 0.1) is 18.3 Å². The van der Waals surface area contributed by atoms with Crippen molar-refractivity contribution < 1.29 is 9.90 Å². The Balaban J connectivity index is 2.24. The minimum atomic E-state index is -0.896. The van der Waals surface area contributed by atoms with E-state index in [9.17, 15) is 9.90 Å². The average Bonchev–Trinajstić information content (AvgIpc) is 2.37. The molecule has 1 N–H and O–H groups in total. The van der Waals surface area contributed by atoms with Crippen LogP contribution in [-0.2, 0) is 0 Å². The van der Waals surface area contributed by atoms with Crippen LogP contribution in [0.15, 0.2) is 6.20 Å². The lowest BCUT2D eigenvalue weighted by molar-refractivity contribution is 0.0980. The van der Waals surface area contributed by atoms with Gasteiger partial charge in [0.25, 0.3) is 0 Å². The highest BCUT2D eigenvalue weighted by Gasteiger charge is 2.33. The first-order chi connectivity index (χ1) is 9.43. The summed E-state index contributed by atoms with van der Waals surface area (Å²) in [5, 5.41) is 18.0. The molecule has 106 valence electrons. The number of anilines is 1. The van der Waals surface area contributed by atoms with Gasteiger partial charge in [-0.25, -0.2) is 14.8 Å². The molecule has 0 aromatic carbocycles. The molecule has 1 amide bonds. The van der Waals surface area contributed by atoms with E-state index >= 15 is 0 Å². The zero-order valence-corrected chi connectivity index (χ0v) is 11.7. The van der Waals surface area contributed by atoms with E-state index in [1.54, 1.807) is 0 Å². The lowest BCUT2D eigenvalue weighted by Crippen LogP contribution is -2.58. The summed E-state index contributed by atoms with van der Waals surface area (Å²) in [4.78, 5) is 23.2. The van der Waals surface area contributed by atoms with Gasteiger partial charge in [-0.15, -0.1) is 0 Å². The number of carboxylic acid groups (broad SMARTS) is 1. The van der Waals surface area contributed by atoms with E-state index in [4.69, 9.17) is 5.26 Å². The third-order valence-corrected chi connectivity index (χ3v) is 3.47. The molecule has 1 aliphatic heterocycles. The maximum atomic E-state index is 11.2. The molecule has 2 atom stereocenters. The maximum absolute atomic E-state index is 11.2. The summed E-state index contributed by atoms with van der Waals surface area (Å²) in [6, 6.07) is 1.72. The zero-order valence-electron chi connectivity index (χ0n) is 11.7. The summed E-state index contributed by atoms with van der Waals surface area (Å²) in [5.41, 5.74) is 0.976. The molecule has 7 nitrogen and oxygen atoms in total. The van der Waals surface area contributed by atoms with Crippen molar-refractivity contribution in [3.05, 3.63) is 17.6 Å². The molecular formula is C13H17N5O2. The average molecular weight is 275 g/mol. The molecule has 1 aromatic heterocycles. The van der Waals surface area contributed by atoms with Gasteiger partial charge < -0.3 is 10.0 Å². The number of carbonyl (C=O) groups is 1. The summed E-state index contributed by atoms with van der Waals surface area (Å²) < 4.78 is 0. The number of piperazine rings is 1. The van der Waals surface area contributed by atoms with Gasteiger partial charge in [-0.1, -0.05) is 0 Å². The third kappa shape index (κ3) is 2.50. The normalized spacial score (nSPS) is 22.5.